The minimum Gasteiger partial charge on any atom is -0.456 e. The summed E-state index contributed by atoms with van der Waals surface area (Å²) >= 11 is 0. The maximum atomic E-state index is 13.7. The molecule has 0 aromatic rings. The van der Waals surface area contributed by atoms with E-state index in [1.807, 2.05) is 27.2 Å². The summed E-state index contributed by atoms with van der Waals surface area (Å²) in [5, 5.41) is 3.08. The second-order valence-corrected chi connectivity index (χ2v) is 29.3. The van der Waals surface area contributed by atoms with Gasteiger partial charge in [-0.05, 0) is 102 Å². The van der Waals surface area contributed by atoms with Gasteiger partial charge in [0.1, 0.15) is 19.3 Å². The van der Waals surface area contributed by atoms with Gasteiger partial charge < -0.3 is 19.4 Å². The third-order valence-electron chi connectivity index (χ3n) is 17.6. The quantitative estimate of drug-likeness (QED) is 0.0205. The van der Waals surface area contributed by atoms with Crippen LogP contribution in [0.1, 0.15) is 380 Å². The molecule has 0 spiro atoms. The number of unbranched alkanes of at least 4 members (excludes halogenated alkanes) is 46. The topological polar surface area (TPSA) is 111 Å². The molecule has 0 aromatic carbocycles. The summed E-state index contributed by atoms with van der Waals surface area (Å²) in [5.74, 6) is -0.493. The predicted octanol–water partition coefficient (Wildman–Crippen LogP) is 25.5. The van der Waals surface area contributed by atoms with Crippen molar-refractivity contribution in [1.82, 2.24) is 5.32 Å². The number of likely N-dealkylation sites (N-methyl/N-ethyl adjacent to an activating group) is 1. The maximum absolute atomic E-state index is 13.7. The Labute approximate surface area is 565 Å². The first-order valence-electron chi connectivity index (χ1n) is 39.3. The first-order valence-corrected chi connectivity index (χ1v) is 40.8. The van der Waals surface area contributed by atoms with E-state index < -0.39 is 20.0 Å². The number of esters is 1. The third-order valence-corrected chi connectivity index (χ3v) is 18.6. The fourth-order valence-electron chi connectivity index (χ4n) is 11.6. The average Bonchev–Trinajstić information content (AvgIpc) is 3.45. The second kappa shape index (κ2) is 70.3. The smallest absolute Gasteiger partial charge is 0.456 e. The number of rotatable bonds is 72. The van der Waals surface area contributed by atoms with E-state index in [1.165, 1.54) is 270 Å². The lowest BCUT2D eigenvalue weighted by Gasteiger charge is -2.27. The summed E-state index contributed by atoms with van der Waals surface area (Å²) in [6, 6.07) is -0.853. The molecule has 0 aliphatic rings. The van der Waals surface area contributed by atoms with Crippen molar-refractivity contribution < 1.29 is 37.3 Å². The highest BCUT2D eigenvalue weighted by atomic mass is 31.2. The summed E-state index contributed by atoms with van der Waals surface area (Å²) in [5.41, 5.74) is 0. The summed E-state index contributed by atoms with van der Waals surface area (Å²) in [6.07, 6.45) is 93.5. The predicted molar refractivity (Wildman–Crippen MR) is 397 cm³/mol. The van der Waals surface area contributed by atoms with Crippen molar-refractivity contribution in [3.63, 3.8) is 0 Å². The molecule has 0 radical (unpaired) electrons. The van der Waals surface area contributed by atoms with E-state index >= 15 is 0 Å². The fourth-order valence-corrected chi connectivity index (χ4v) is 12.3. The van der Waals surface area contributed by atoms with Crippen LogP contribution >= 0.6 is 7.82 Å². The molecule has 532 valence electrons. The molecule has 0 saturated heterocycles. The van der Waals surface area contributed by atoms with E-state index in [0.717, 1.165) is 77.0 Å². The number of nitrogens with one attached hydrogen (secondary N) is 1. The Morgan fingerprint density at radius 1 is 0.385 bits per heavy atom. The lowest BCUT2D eigenvalue weighted by molar-refractivity contribution is -0.870. The number of hydrogen-bond donors (Lipinski definition) is 2. The first-order chi connectivity index (χ1) is 44.4. The van der Waals surface area contributed by atoms with Crippen molar-refractivity contribution in [2.45, 2.75) is 392 Å². The van der Waals surface area contributed by atoms with Crippen LogP contribution in [0.3, 0.4) is 0 Å². The number of phosphoric acid groups is 1. The fraction of sp³-hybridized carbons (Fsp3) is 0.827. The van der Waals surface area contributed by atoms with Crippen LogP contribution in [0.4, 0.5) is 0 Å². The number of nitrogens with zero attached hydrogens (tertiary/aromatic N) is 1. The zero-order valence-corrected chi connectivity index (χ0v) is 62.0. The number of carbonyl (C=O) groups excluding carboxylic acids is 2. The Morgan fingerprint density at radius 2 is 0.670 bits per heavy atom. The molecule has 3 atom stereocenters. The van der Waals surface area contributed by atoms with Crippen molar-refractivity contribution in [2.75, 3.05) is 40.9 Å². The molecule has 2 N–H and O–H groups in total. The van der Waals surface area contributed by atoms with E-state index in [-0.39, 0.29) is 25.1 Å². The number of quaternary nitrogens is 1. The van der Waals surface area contributed by atoms with Crippen molar-refractivity contribution in [2.24, 2.45) is 0 Å². The molecule has 0 fully saturated rings. The number of ether oxygens (including phenoxy) is 1. The van der Waals surface area contributed by atoms with Crippen LogP contribution in [0.25, 0.3) is 0 Å². The molecule has 3 unspecified atom stereocenters. The van der Waals surface area contributed by atoms with Crippen LogP contribution in [0.5, 0.6) is 0 Å². The van der Waals surface area contributed by atoms with E-state index in [4.69, 9.17) is 13.8 Å². The summed E-state index contributed by atoms with van der Waals surface area (Å²) < 4.78 is 30.9. The Hall–Kier alpha value is -2.55. The van der Waals surface area contributed by atoms with Gasteiger partial charge in [0.15, 0.2) is 0 Å². The molecule has 10 heteroatoms. The van der Waals surface area contributed by atoms with Gasteiger partial charge >= 0.3 is 13.8 Å². The van der Waals surface area contributed by atoms with Crippen LogP contribution in [-0.2, 0) is 27.9 Å². The summed E-state index contributed by atoms with van der Waals surface area (Å²) in [6.45, 7) is 7.03. The normalized spacial score (nSPS) is 13.8. The molecular weight excluding hydrogens is 1140 g/mol. The van der Waals surface area contributed by atoms with Gasteiger partial charge in [-0.3, -0.25) is 18.6 Å². The summed E-state index contributed by atoms with van der Waals surface area (Å²) in [4.78, 5) is 38.0. The number of phosphoric ester groups is 1. The monoisotopic (exact) mass is 1300 g/mol. The molecule has 1 amide bonds. The number of amides is 1. The van der Waals surface area contributed by atoms with Crippen molar-refractivity contribution in [3.8, 4) is 0 Å². The lowest BCUT2D eigenvalue weighted by Crippen LogP contribution is -2.47. The van der Waals surface area contributed by atoms with Gasteiger partial charge in [-0.25, -0.2) is 4.57 Å². The zero-order chi connectivity index (χ0) is 66.3. The van der Waals surface area contributed by atoms with Gasteiger partial charge in [0.25, 0.3) is 0 Å². The van der Waals surface area contributed by atoms with Crippen molar-refractivity contribution >= 4 is 19.7 Å². The molecule has 91 heavy (non-hydrogen) atoms. The van der Waals surface area contributed by atoms with E-state index in [0.29, 0.717) is 23.9 Å². The van der Waals surface area contributed by atoms with Gasteiger partial charge in [0.2, 0.25) is 5.91 Å². The lowest BCUT2D eigenvalue weighted by atomic mass is 10.0. The van der Waals surface area contributed by atoms with Crippen molar-refractivity contribution in [3.05, 3.63) is 72.9 Å². The van der Waals surface area contributed by atoms with Gasteiger partial charge in [-0.15, -0.1) is 0 Å². The minimum atomic E-state index is -4.46. The summed E-state index contributed by atoms with van der Waals surface area (Å²) in [7, 11) is 1.50. The maximum Gasteiger partial charge on any atom is 0.472 e. The van der Waals surface area contributed by atoms with Gasteiger partial charge in [-0.1, -0.05) is 338 Å². The molecule has 0 bridgehead atoms. The van der Waals surface area contributed by atoms with Crippen LogP contribution in [0.15, 0.2) is 72.9 Å². The highest BCUT2D eigenvalue weighted by Gasteiger charge is 2.30. The first kappa shape index (κ1) is 88.5. The second-order valence-electron chi connectivity index (χ2n) is 27.9. The van der Waals surface area contributed by atoms with E-state index in [1.54, 1.807) is 0 Å². The highest BCUT2D eigenvalue weighted by molar-refractivity contribution is 7.47. The van der Waals surface area contributed by atoms with E-state index in [2.05, 4.69) is 92.9 Å². The van der Waals surface area contributed by atoms with Crippen LogP contribution < -0.4 is 5.32 Å². The van der Waals surface area contributed by atoms with Crippen LogP contribution in [0, 0.1) is 0 Å². The average molecular weight is 1300 g/mol. The Morgan fingerprint density at radius 3 is 1.03 bits per heavy atom. The standard InChI is InChI=1S/C81H151N2O7P/c1-7-10-13-16-19-22-25-28-30-32-34-36-38-40-41-43-44-46-48-50-52-55-58-61-64-67-70-73-80(84)82-78(77-89-91(86,87)88-76-75-83(4,5)6)79(72-69-66-63-60-57-54-27-24-21-18-15-12-9-3)90-81(85)74-71-68-65-62-59-56-53-51-49-47-45-42-39-37-35-33-31-29-26-23-20-17-14-11-8-2/h19,22,28-31,34,36,40-41,69,72,78-79H,7-18,20-21,23-27,32-33,35,37-39,42-68,70-71,73-77H2,1-6H3,(H-,82,84,86,87)/p+1/b22-19-,30-28-,31-29+,36-34-,41-40-,72-69+. The molecule has 0 aliphatic carbocycles. The SMILES string of the molecule is CCCCC/C=C\C/C=C\C/C=C\C/C=C\CCCCCCCCCCCCCC(=O)NC(COP(=O)(O)OCC[N+](C)(C)C)C(/C=C/CCCCCCCCCCCCC)OC(=O)CCCCCCCCCCCCCCCCC/C=C/CCCCCCCC. The largest absolute Gasteiger partial charge is 0.472 e. The van der Waals surface area contributed by atoms with Crippen LogP contribution in [0.2, 0.25) is 0 Å². The molecule has 0 aliphatic heterocycles. The Kier molecular flexibility index (Phi) is 68.3. The third kappa shape index (κ3) is 71.6. The van der Waals surface area contributed by atoms with Crippen molar-refractivity contribution in [1.29, 1.82) is 0 Å². The molecular formula is C81H152N2O7P+. The van der Waals surface area contributed by atoms with Crippen LogP contribution in [-0.4, -0.2) is 74.3 Å². The Bertz CT molecular complexity index is 1780. The number of carbonyl (C=O) groups is 2. The molecule has 0 heterocycles. The molecule has 0 saturated carbocycles. The molecule has 0 rings (SSSR count). The molecule has 0 aromatic heterocycles. The van der Waals surface area contributed by atoms with Gasteiger partial charge in [-0.2, -0.15) is 0 Å². The molecule has 9 nitrogen and oxygen atoms in total. The minimum absolute atomic E-state index is 0.0394. The van der Waals surface area contributed by atoms with E-state index in [9.17, 15) is 19.0 Å². The highest BCUT2D eigenvalue weighted by Crippen LogP contribution is 2.43. The number of hydrogen-bond acceptors (Lipinski definition) is 6. The zero-order valence-electron chi connectivity index (χ0n) is 61.1. The van der Waals surface area contributed by atoms with Gasteiger partial charge in [0, 0.05) is 12.8 Å². The Balaban J connectivity index is 4.99. The number of allylic oxidation sites excluding steroid dienone is 11. The van der Waals surface area contributed by atoms with Gasteiger partial charge in [0.05, 0.1) is 33.8 Å².